The number of Topliss-reactive ketones (excluding diaryl/α,β-unsaturated/α-hetero) is 1. The van der Waals surface area contributed by atoms with E-state index in [9.17, 15) is 14.7 Å². The number of hydrogen-bond acceptors (Lipinski definition) is 3. The number of amides is 1. The number of likely N-dealkylation sites (tertiary alicyclic amines) is 1. The molecule has 2 heterocycles. The summed E-state index contributed by atoms with van der Waals surface area (Å²) in [6.45, 7) is 6.77. The Hall–Kier alpha value is -3.64. The van der Waals surface area contributed by atoms with E-state index in [1.165, 1.54) is 0 Å². The number of aromatic amines is 1. The number of aliphatic hydroxyl groups is 1. The summed E-state index contributed by atoms with van der Waals surface area (Å²) >= 11 is 3.41. The molecule has 0 saturated carbocycles. The molecule has 1 atom stereocenters. The van der Waals surface area contributed by atoms with Gasteiger partial charge in [-0.25, -0.2) is 0 Å². The van der Waals surface area contributed by atoms with E-state index >= 15 is 0 Å². The van der Waals surface area contributed by atoms with E-state index in [1.54, 1.807) is 29.2 Å². The number of nitrogens with zero attached hydrogens (tertiary/aromatic N) is 1. The lowest BCUT2D eigenvalue weighted by atomic mass is 9.85. The van der Waals surface area contributed by atoms with Crippen molar-refractivity contribution in [3.05, 3.63) is 111 Å². The molecule has 0 spiro atoms. The molecule has 2 N–H and O–H groups in total. The fraction of sp³-hybridized carbons (Fsp3) is 0.226. The maximum absolute atomic E-state index is 13.4. The van der Waals surface area contributed by atoms with Crippen LogP contribution in [0.5, 0.6) is 0 Å². The van der Waals surface area contributed by atoms with Crippen LogP contribution in [0.2, 0.25) is 0 Å². The summed E-state index contributed by atoms with van der Waals surface area (Å²) in [4.78, 5) is 31.6. The number of aliphatic hydroxyl groups excluding tert-OH is 1. The average molecular weight is 557 g/mol. The standard InChI is InChI=1S/C31H29BrN2O3/c1-31(2,3)22-12-8-19(9-13-22)27-26(28(35)20-10-14-23(32)15-11-20)29(36)30(37)34(27)17-16-21-18-33-25-7-5-4-6-24(21)25/h4-15,18,27,33,35H,16-17H2,1-3H3/t27-/m0/s1. The first-order valence-corrected chi connectivity index (χ1v) is 13.1. The number of halogens is 1. The number of carbonyl (C=O) groups excluding carboxylic acids is 2. The second-order valence-electron chi connectivity index (χ2n) is 10.5. The van der Waals surface area contributed by atoms with Crippen LogP contribution in [0.1, 0.15) is 49.1 Å². The van der Waals surface area contributed by atoms with E-state index in [1.807, 2.05) is 54.7 Å². The Kier molecular flexibility index (Phi) is 6.54. The molecule has 0 bridgehead atoms. The highest BCUT2D eigenvalue weighted by Gasteiger charge is 2.46. The van der Waals surface area contributed by atoms with Gasteiger partial charge in [-0.15, -0.1) is 0 Å². The van der Waals surface area contributed by atoms with Gasteiger partial charge in [-0.3, -0.25) is 9.59 Å². The van der Waals surface area contributed by atoms with Crippen LogP contribution < -0.4 is 0 Å². The van der Waals surface area contributed by atoms with Gasteiger partial charge in [0.1, 0.15) is 5.76 Å². The normalized spacial score (nSPS) is 17.6. The molecule has 1 saturated heterocycles. The Balaban J connectivity index is 1.57. The Morgan fingerprint density at radius 2 is 1.65 bits per heavy atom. The Labute approximate surface area is 225 Å². The molecular formula is C31H29BrN2O3. The number of fused-ring (bicyclic) bond motifs is 1. The summed E-state index contributed by atoms with van der Waals surface area (Å²) in [6, 6.07) is 22.4. The molecule has 1 aromatic heterocycles. The molecule has 0 radical (unpaired) electrons. The Morgan fingerprint density at radius 1 is 0.973 bits per heavy atom. The zero-order valence-electron chi connectivity index (χ0n) is 21.1. The number of benzene rings is 3. The van der Waals surface area contributed by atoms with Crippen LogP contribution in [0, 0.1) is 0 Å². The van der Waals surface area contributed by atoms with E-state index in [4.69, 9.17) is 0 Å². The van der Waals surface area contributed by atoms with Crippen LogP contribution in [-0.2, 0) is 21.4 Å². The largest absolute Gasteiger partial charge is 0.507 e. The predicted octanol–water partition coefficient (Wildman–Crippen LogP) is 6.89. The van der Waals surface area contributed by atoms with E-state index in [-0.39, 0.29) is 16.7 Å². The monoisotopic (exact) mass is 556 g/mol. The lowest BCUT2D eigenvalue weighted by molar-refractivity contribution is -0.139. The van der Waals surface area contributed by atoms with Crippen molar-refractivity contribution in [2.45, 2.75) is 38.6 Å². The molecule has 1 aliphatic heterocycles. The molecule has 0 unspecified atom stereocenters. The molecule has 5 nitrogen and oxygen atoms in total. The highest BCUT2D eigenvalue weighted by atomic mass is 79.9. The molecule has 188 valence electrons. The van der Waals surface area contributed by atoms with Crippen LogP contribution in [0.4, 0.5) is 0 Å². The third-order valence-electron chi connectivity index (χ3n) is 7.05. The molecule has 1 amide bonds. The number of para-hydroxylation sites is 1. The number of ketones is 1. The molecule has 0 aliphatic carbocycles. The minimum atomic E-state index is -0.678. The van der Waals surface area contributed by atoms with Crippen molar-refractivity contribution in [2.75, 3.05) is 6.54 Å². The molecule has 3 aromatic carbocycles. The third-order valence-corrected chi connectivity index (χ3v) is 7.58. The van der Waals surface area contributed by atoms with Crippen LogP contribution in [0.15, 0.2) is 89.0 Å². The third kappa shape index (κ3) is 4.74. The lowest BCUT2D eigenvalue weighted by Gasteiger charge is -2.26. The fourth-order valence-electron chi connectivity index (χ4n) is 4.97. The summed E-state index contributed by atoms with van der Waals surface area (Å²) in [7, 11) is 0. The minimum Gasteiger partial charge on any atom is -0.507 e. The first kappa shape index (κ1) is 25.0. The lowest BCUT2D eigenvalue weighted by Crippen LogP contribution is -2.31. The molecule has 5 rings (SSSR count). The molecule has 37 heavy (non-hydrogen) atoms. The van der Waals surface area contributed by atoms with Gasteiger partial charge < -0.3 is 15.0 Å². The van der Waals surface area contributed by atoms with Crippen LogP contribution in [0.3, 0.4) is 0 Å². The van der Waals surface area contributed by atoms with Crippen LogP contribution in [-0.4, -0.2) is 33.2 Å². The zero-order valence-corrected chi connectivity index (χ0v) is 22.7. The van der Waals surface area contributed by atoms with Crippen molar-refractivity contribution < 1.29 is 14.7 Å². The van der Waals surface area contributed by atoms with E-state index < -0.39 is 17.7 Å². The zero-order chi connectivity index (χ0) is 26.3. The number of nitrogens with one attached hydrogen (secondary N) is 1. The van der Waals surface area contributed by atoms with Gasteiger partial charge in [-0.1, -0.05) is 91.3 Å². The van der Waals surface area contributed by atoms with Crippen LogP contribution >= 0.6 is 15.9 Å². The van der Waals surface area contributed by atoms with Gasteiger partial charge in [-0.05, 0) is 46.7 Å². The van der Waals surface area contributed by atoms with Gasteiger partial charge in [0.05, 0.1) is 11.6 Å². The van der Waals surface area contributed by atoms with E-state index in [0.717, 1.165) is 32.1 Å². The fourth-order valence-corrected chi connectivity index (χ4v) is 5.23. The van der Waals surface area contributed by atoms with Crippen molar-refractivity contribution in [1.29, 1.82) is 0 Å². The number of carbonyl (C=O) groups is 2. The molecule has 4 aromatic rings. The second-order valence-corrected chi connectivity index (χ2v) is 11.4. The minimum absolute atomic E-state index is 0.0346. The van der Waals surface area contributed by atoms with Crippen molar-refractivity contribution in [3.8, 4) is 0 Å². The van der Waals surface area contributed by atoms with Gasteiger partial charge in [0, 0.05) is 33.7 Å². The number of H-pyrrole nitrogens is 1. The van der Waals surface area contributed by atoms with Gasteiger partial charge in [-0.2, -0.15) is 0 Å². The molecule has 1 aliphatic rings. The van der Waals surface area contributed by atoms with Gasteiger partial charge in [0.25, 0.3) is 11.7 Å². The van der Waals surface area contributed by atoms with Gasteiger partial charge in [0.2, 0.25) is 0 Å². The summed E-state index contributed by atoms with van der Waals surface area (Å²) in [6.07, 6.45) is 2.53. The Morgan fingerprint density at radius 3 is 2.32 bits per heavy atom. The van der Waals surface area contributed by atoms with E-state index in [0.29, 0.717) is 18.5 Å². The van der Waals surface area contributed by atoms with Crippen LogP contribution in [0.25, 0.3) is 16.7 Å². The van der Waals surface area contributed by atoms with Crippen molar-refractivity contribution in [1.82, 2.24) is 9.88 Å². The maximum Gasteiger partial charge on any atom is 0.295 e. The molecular weight excluding hydrogens is 528 g/mol. The summed E-state index contributed by atoms with van der Waals surface area (Å²) in [5.41, 5.74) is 4.64. The SMILES string of the molecule is CC(C)(C)c1ccc([C@H]2C(=C(O)c3ccc(Br)cc3)C(=O)C(=O)N2CCc2c[nH]c3ccccc23)cc1. The highest BCUT2D eigenvalue weighted by Crippen LogP contribution is 2.40. The van der Waals surface area contributed by atoms with Gasteiger partial charge >= 0.3 is 0 Å². The van der Waals surface area contributed by atoms with Crippen molar-refractivity contribution >= 4 is 44.3 Å². The number of aromatic nitrogens is 1. The second kappa shape index (κ2) is 9.67. The summed E-state index contributed by atoms with van der Waals surface area (Å²) in [5, 5.41) is 12.4. The van der Waals surface area contributed by atoms with E-state index in [2.05, 4.69) is 41.7 Å². The first-order chi connectivity index (χ1) is 17.6. The number of hydrogen-bond donors (Lipinski definition) is 2. The van der Waals surface area contributed by atoms with Crippen molar-refractivity contribution in [2.24, 2.45) is 0 Å². The van der Waals surface area contributed by atoms with Crippen molar-refractivity contribution in [3.63, 3.8) is 0 Å². The predicted molar refractivity (Wildman–Crippen MR) is 150 cm³/mol. The molecule has 6 heteroatoms. The first-order valence-electron chi connectivity index (χ1n) is 12.3. The summed E-state index contributed by atoms with van der Waals surface area (Å²) in [5.74, 6) is -1.42. The topological polar surface area (TPSA) is 73.4 Å². The molecule has 1 fully saturated rings. The highest BCUT2D eigenvalue weighted by molar-refractivity contribution is 9.10. The number of rotatable bonds is 5. The average Bonchev–Trinajstić information content (AvgIpc) is 3.41. The quantitative estimate of drug-likeness (QED) is 0.159. The summed E-state index contributed by atoms with van der Waals surface area (Å²) < 4.78 is 0.859. The Bertz CT molecular complexity index is 1510. The van der Waals surface area contributed by atoms with Gasteiger partial charge in [0.15, 0.2) is 0 Å². The smallest absolute Gasteiger partial charge is 0.295 e. The maximum atomic E-state index is 13.4.